The summed E-state index contributed by atoms with van der Waals surface area (Å²) in [6.45, 7) is 6.25. The maximum Gasteiger partial charge on any atom is 0.140 e. The van der Waals surface area contributed by atoms with Gasteiger partial charge in [-0.05, 0) is 43.5 Å². The van der Waals surface area contributed by atoms with E-state index in [9.17, 15) is 0 Å². The van der Waals surface area contributed by atoms with Gasteiger partial charge in [-0.1, -0.05) is 12.1 Å². The van der Waals surface area contributed by atoms with E-state index < -0.39 is 0 Å². The molecule has 0 aliphatic rings. The fourth-order valence-electron chi connectivity index (χ4n) is 1.77. The van der Waals surface area contributed by atoms with Crippen LogP contribution in [0.1, 0.15) is 16.7 Å². The van der Waals surface area contributed by atoms with E-state index in [1.54, 1.807) is 0 Å². The number of nitrogens with two attached hydrogens (primary N) is 1. The molecule has 0 amide bonds. The number of nitrogens with one attached hydrogen (secondary N) is 1. The summed E-state index contributed by atoms with van der Waals surface area (Å²) < 4.78 is 0. The number of hydrogen-bond acceptors (Lipinski definition) is 3. The molecule has 0 atom stereocenters. The maximum absolute atomic E-state index is 5.39. The molecule has 3 N–H and O–H groups in total. The molecule has 0 bridgehead atoms. The number of pyridine rings is 1. The number of benzene rings is 1. The van der Waals surface area contributed by atoms with Crippen LogP contribution < -0.4 is 11.3 Å². The Morgan fingerprint density at radius 1 is 1.13 bits per heavy atom. The molecule has 2 aromatic rings. The summed E-state index contributed by atoms with van der Waals surface area (Å²) in [6.07, 6.45) is 0. The Bertz CT molecular complexity index is 518. The third-order valence-corrected chi connectivity index (χ3v) is 2.86. The fraction of sp³-hybridized carbons (Fsp3) is 0.250. The van der Waals surface area contributed by atoms with Gasteiger partial charge in [-0.3, -0.25) is 0 Å². The van der Waals surface area contributed by atoms with Gasteiger partial charge >= 0.3 is 0 Å². The summed E-state index contributed by atoms with van der Waals surface area (Å²) in [5, 5.41) is 1.19. The van der Waals surface area contributed by atoms with Gasteiger partial charge < -0.3 is 5.43 Å². The quantitative estimate of drug-likeness (QED) is 0.550. The number of aromatic nitrogens is 1. The van der Waals surface area contributed by atoms with Crippen LogP contribution in [0.3, 0.4) is 0 Å². The Hall–Kier alpha value is -1.61. The summed E-state index contributed by atoms with van der Waals surface area (Å²) in [7, 11) is 0. The largest absolute Gasteiger partial charge is 0.308 e. The zero-order valence-corrected chi connectivity index (χ0v) is 9.26. The van der Waals surface area contributed by atoms with Crippen molar-refractivity contribution >= 4 is 16.7 Å². The van der Waals surface area contributed by atoms with Crippen molar-refractivity contribution in [2.75, 3.05) is 5.43 Å². The van der Waals surface area contributed by atoms with Crippen LogP contribution in [-0.4, -0.2) is 4.98 Å². The van der Waals surface area contributed by atoms with E-state index in [2.05, 4.69) is 43.3 Å². The van der Waals surface area contributed by atoms with Crippen LogP contribution in [0.25, 0.3) is 10.9 Å². The first-order valence-electron chi connectivity index (χ1n) is 4.97. The molecule has 3 nitrogen and oxygen atoms in total. The Balaban J connectivity index is 2.86. The lowest BCUT2D eigenvalue weighted by Crippen LogP contribution is -2.09. The van der Waals surface area contributed by atoms with Gasteiger partial charge in [0.15, 0.2) is 0 Å². The van der Waals surface area contributed by atoms with E-state index in [0.717, 1.165) is 5.52 Å². The molecular formula is C12H15N3. The van der Waals surface area contributed by atoms with Gasteiger partial charge in [0.05, 0.1) is 5.52 Å². The minimum absolute atomic E-state index is 0.716. The number of anilines is 1. The van der Waals surface area contributed by atoms with Gasteiger partial charge in [-0.15, -0.1) is 0 Å². The molecule has 78 valence electrons. The van der Waals surface area contributed by atoms with Crippen LogP contribution in [0.15, 0.2) is 18.2 Å². The SMILES string of the molecule is Cc1ccc2c(C)cc(NN)nc2c1C. The lowest BCUT2D eigenvalue weighted by Gasteiger charge is -2.09. The number of aryl methyl sites for hydroxylation is 3. The van der Waals surface area contributed by atoms with Crippen LogP contribution in [0.4, 0.5) is 5.82 Å². The second kappa shape index (κ2) is 3.51. The molecular weight excluding hydrogens is 186 g/mol. The Labute approximate surface area is 89.3 Å². The van der Waals surface area contributed by atoms with E-state index in [-0.39, 0.29) is 0 Å². The molecule has 0 spiro atoms. The van der Waals surface area contributed by atoms with E-state index >= 15 is 0 Å². The first kappa shape index (κ1) is 9.93. The fourth-order valence-corrected chi connectivity index (χ4v) is 1.77. The predicted molar refractivity (Wildman–Crippen MR) is 63.8 cm³/mol. The average molecular weight is 201 g/mol. The molecule has 0 aliphatic carbocycles. The highest BCUT2D eigenvalue weighted by atomic mass is 15.2. The van der Waals surface area contributed by atoms with Gasteiger partial charge in [0.2, 0.25) is 0 Å². The monoisotopic (exact) mass is 201 g/mol. The van der Waals surface area contributed by atoms with Crippen LogP contribution in [-0.2, 0) is 0 Å². The highest BCUT2D eigenvalue weighted by molar-refractivity contribution is 5.87. The van der Waals surface area contributed by atoms with Gasteiger partial charge in [-0.2, -0.15) is 0 Å². The zero-order valence-electron chi connectivity index (χ0n) is 9.26. The van der Waals surface area contributed by atoms with Crippen molar-refractivity contribution in [3.05, 3.63) is 34.9 Å². The van der Waals surface area contributed by atoms with Gasteiger partial charge in [0.25, 0.3) is 0 Å². The molecule has 0 saturated heterocycles. The molecule has 0 radical (unpaired) electrons. The number of nitrogens with zero attached hydrogens (tertiary/aromatic N) is 1. The number of hydrogen-bond donors (Lipinski definition) is 2. The second-order valence-electron chi connectivity index (χ2n) is 3.87. The first-order valence-corrected chi connectivity index (χ1v) is 4.97. The molecule has 0 fully saturated rings. The van der Waals surface area contributed by atoms with Crippen molar-refractivity contribution < 1.29 is 0 Å². The third kappa shape index (κ3) is 1.55. The molecule has 0 aliphatic heterocycles. The van der Waals surface area contributed by atoms with Crippen molar-refractivity contribution in [3.63, 3.8) is 0 Å². The first-order chi connectivity index (χ1) is 7.13. The third-order valence-electron chi connectivity index (χ3n) is 2.86. The van der Waals surface area contributed by atoms with E-state index in [4.69, 9.17) is 5.84 Å². The van der Waals surface area contributed by atoms with Crippen molar-refractivity contribution in [1.82, 2.24) is 4.98 Å². The summed E-state index contributed by atoms with van der Waals surface area (Å²) in [5.41, 5.74) is 7.29. The standard InChI is InChI=1S/C12H15N3/c1-7-4-5-10-8(2)6-11(15-13)14-12(10)9(7)3/h4-6H,13H2,1-3H3,(H,14,15). The maximum atomic E-state index is 5.39. The highest BCUT2D eigenvalue weighted by Gasteiger charge is 2.05. The Kier molecular flexibility index (Phi) is 2.32. The predicted octanol–water partition coefficient (Wildman–Crippen LogP) is 2.45. The van der Waals surface area contributed by atoms with Gasteiger partial charge in [-0.25, -0.2) is 10.8 Å². The second-order valence-corrected chi connectivity index (χ2v) is 3.87. The molecule has 1 heterocycles. The van der Waals surface area contributed by atoms with E-state index in [1.807, 2.05) is 6.07 Å². The molecule has 0 saturated carbocycles. The van der Waals surface area contributed by atoms with Crippen LogP contribution in [0.5, 0.6) is 0 Å². The number of rotatable bonds is 1. The molecule has 1 aromatic heterocycles. The van der Waals surface area contributed by atoms with Crippen molar-refractivity contribution in [1.29, 1.82) is 0 Å². The van der Waals surface area contributed by atoms with Crippen molar-refractivity contribution in [3.8, 4) is 0 Å². The molecule has 1 aromatic carbocycles. The van der Waals surface area contributed by atoms with Gasteiger partial charge in [0.1, 0.15) is 5.82 Å². The lowest BCUT2D eigenvalue weighted by atomic mass is 10.0. The van der Waals surface area contributed by atoms with E-state index in [1.165, 1.54) is 22.1 Å². The summed E-state index contributed by atoms with van der Waals surface area (Å²) in [5.74, 6) is 6.10. The Morgan fingerprint density at radius 2 is 1.87 bits per heavy atom. The highest BCUT2D eigenvalue weighted by Crippen LogP contribution is 2.24. The number of nitrogen functional groups attached to an aromatic ring is 1. The van der Waals surface area contributed by atoms with Crippen LogP contribution in [0.2, 0.25) is 0 Å². The Morgan fingerprint density at radius 3 is 2.53 bits per heavy atom. The average Bonchev–Trinajstić information content (AvgIpc) is 2.23. The van der Waals surface area contributed by atoms with Crippen LogP contribution >= 0.6 is 0 Å². The minimum atomic E-state index is 0.716. The normalized spacial score (nSPS) is 10.7. The lowest BCUT2D eigenvalue weighted by molar-refractivity contribution is 1.23. The van der Waals surface area contributed by atoms with Crippen molar-refractivity contribution in [2.45, 2.75) is 20.8 Å². The molecule has 3 heteroatoms. The summed E-state index contributed by atoms with van der Waals surface area (Å²) in [4.78, 5) is 4.48. The summed E-state index contributed by atoms with van der Waals surface area (Å²) in [6, 6.07) is 6.19. The minimum Gasteiger partial charge on any atom is -0.308 e. The van der Waals surface area contributed by atoms with Crippen molar-refractivity contribution in [2.24, 2.45) is 5.84 Å². The van der Waals surface area contributed by atoms with Crippen LogP contribution in [0, 0.1) is 20.8 Å². The zero-order chi connectivity index (χ0) is 11.0. The molecule has 2 rings (SSSR count). The number of hydrazine groups is 1. The molecule has 0 unspecified atom stereocenters. The van der Waals surface area contributed by atoms with Gasteiger partial charge in [0, 0.05) is 5.39 Å². The number of fused-ring (bicyclic) bond motifs is 1. The smallest absolute Gasteiger partial charge is 0.140 e. The summed E-state index contributed by atoms with van der Waals surface area (Å²) >= 11 is 0. The molecule has 15 heavy (non-hydrogen) atoms. The topological polar surface area (TPSA) is 50.9 Å². The van der Waals surface area contributed by atoms with E-state index in [0.29, 0.717) is 5.82 Å².